The lowest BCUT2D eigenvalue weighted by Gasteiger charge is -2.22. The first-order valence-corrected chi connectivity index (χ1v) is 8.30. The van der Waals surface area contributed by atoms with Crippen molar-refractivity contribution in [3.05, 3.63) is 0 Å². The number of hydrogen-bond donors (Lipinski definition) is 1. The van der Waals surface area contributed by atoms with Gasteiger partial charge in [-0.15, -0.1) is 11.8 Å². The lowest BCUT2D eigenvalue weighted by atomic mass is 10.0. The Balaban J connectivity index is 2.61. The largest absolute Gasteiger partial charge is 0.480 e. The summed E-state index contributed by atoms with van der Waals surface area (Å²) in [6.45, 7) is 1.81. The Morgan fingerprint density at radius 1 is 1.44 bits per heavy atom. The van der Waals surface area contributed by atoms with Gasteiger partial charge in [-0.05, 0) is 31.4 Å². The second kappa shape index (κ2) is 5.40. The van der Waals surface area contributed by atoms with E-state index in [0.29, 0.717) is 12.8 Å². The number of sulfone groups is 1. The van der Waals surface area contributed by atoms with Gasteiger partial charge in [-0.2, -0.15) is 0 Å². The predicted molar refractivity (Wildman–Crippen MR) is 65.6 cm³/mol. The van der Waals surface area contributed by atoms with Crippen molar-refractivity contribution >= 4 is 27.6 Å². The monoisotopic (exact) mass is 266 g/mol. The summed E-state index contributed by atoms with van der Waals surface area (Å²) in [5.74, 6) is 0.120. The molecular weight excluding hydrogens is 248 g/mol. The van der Waals surface area contributed by atoms with E-state index in [9.17, 15) is 18.3 Å². The van der Waals surface area contributed by atoms with E-state index < -0.39 is 20.6 Å². The smallest absolute Gasteiger partial charge is 0.319 e. The summed E-state index contributed by atoms with van der Waals surface area (Å²) >= 11 is 1.39. The summed E-state index contributed by atoms with van der Waals surface area (Å²) in [5, 5.41) is 9.17. The molecule has 1 unspecified atom stereocenters. The summed E-state index contributed by atoms with van der Waals surface area (Å²) in [5.41, 5.74) is 0. The lowest BCUT2D eigenvalue weighted by molar-refractivity contribution is -0.140. The molecule has 94 valence electrons. The molecule has 1 N–H and O–H groups in total. The summed E-state index contributed by atoms with van der Waals surface area (Å²) in [4.78, 5) is 11.2. The van der Waals surface area contributed by atoms with Crippen molar-refractivity contribution in [1.82, 2.24) is 0 Å². The van der Waals surface area contributed by atoms with Crippen LogP contribution in [0.1, 0.15) is 32.6 Å². The van der Waals surface area contributed by atoms with E-state index in [2.05, 4.69) is 0 Å². The minimum absolute atomic E-state index is 0.000139. The van der Waals surface area contributed by atoms with Crippen LogP contribution in [-0.4, -0.2) is 41.5 Å². The molecule has 0 radical (unpaired) electrons. The number of hydrogen-bond acceptors (Lipinski definition) is 4. The Kier molecular flexibility index (Phi) is 4.67. The van der Waals surface area contributed by atoms with E-state index in [-0.39, 0.29) is 17.9 Å². The second-order valence-electron chi connectivity index (χ2n) is 4.15. The van der Waals surface area contributed by atoms with E-state index in [0.717, 1.165) is 12.2 Å². The van der Waals surface area contributed by atoms with Gasteiger partial charge in [-0.1, -0.05) is 6.92 Å². The van der Waals surface area contributed by atoms with Crippen LogP contribution in [0, 0.1) is 0 Å². The third-order valence-electron chi connectivity index (χ3n) is 2.83. The van der Waals surface area contributed by atoms with Crippen LogP contribution in [0.4, 0.5) is 0 Å². The summed E-state index contributed by atoms with van der Waals surface area (Å²) in [6, 6.07) is 0. The molecule has 1 aliphatic rings. The number of thioether (sulfide) groups is 1. The van der Waals surface area contributed by atoms with Gasteiger partial charge >= 0.3 is 5.97 Å². The van der Waals surface area contributed by atoms with Crippen LogP contribution < -0.4 is 0 Å². The Labute approximate surface area is 101 Å². The van der Waals surface area contributed by atoms with Crippen molar-refractivity contribution in [1.29, 1.82) is 0 Å². The fraction of sp³-hybridized carbons (Fsp3) is 0.900. The Morgan fingerprint density at radius 2 is 2.12 bits per heavy atom. The molecule has 1 fully saturated rings. The van der Waals surface area contributed by atoms with Crippen LogP contribution in [0.2, 0.25) is 0 Å². The third-order valence-corrected chi connectivity index (χ3v) is 6.31. The average molecular weight is 266 g/mol. The van der Waals surface area contributed by atoms with Gasteiger partial charge in [0, 0.05) is 5.75 Å². The van der Waals surface area contributed by atoms with Crippen LogP contribution in [0.5, 0.6) is 0 Å². The molecule has 0 aromatic carbocycles. The third kappa shape index (κ3) is 3.38. The average Bonchev–Trinajstić information content (AvgIpc) is 2.64. The second-order valence-corrected chi connectivity index (χ2v) is 7.94. The van der Waals surface area contributed by atoms with E-state index in [1.807, 2.05) is 6.92 Å². The molecule has 1 rings (SSSR count). The topological polar surface area (TPSA) is 71.4 Å². The molecule has 0 saturated carbocycles. The molecule has 1 atom stereocenters. The highest BCUT2D eigenvalue weighted by atomic mass is 32.2. The molecule has 0 bridgehead atoms. The van der Waals surface area contributed by atoms with Crippen molar-refractivity contribution in [2.45, 2.75) is 37.4 Å². The summed E-state index contributed by atoms with van der Waals surface area (Å²) in [7, 11) is -3.07. The molecule has 0 spiro atoms. The zero-order valence-electron chi connectivity index (χ0n) is 9.44. The van der Waals surface area contributed by atoms with Gasteiger partial charge in [0.25, 0.3) is 0 Å². The Morgan fingerprint density at radius 3 is 2.56 bits per heavy atom. The highest BCUT2D eigenvalue weighted by Gasteiger charge is 2.42. The summed E-state index contributed by atoms with van der Waals surface area (Å²) < 4.78 is 22.3. The Bertz CT molecular complexity index is 342. The van der Waals surface area contributed by atoms with Gasteiger partial charge in [0.05, 0.1) is 5.75 Å². The minimum atomic E-state index is -3.07. The van der Waals surface area contributed by atoms with Crippen molar-refractivity contribution < 1.29 is 18.3 Å². The lowest BCUT2D eigenvalue weighted by Crippen LogP contribution is -2.34. The first kappa shape index (κ1) is 13.8. The molecule has 1 aliphatic heterocycles. The number of carboxylic acids is 1. The van der Waals surface area contributed by atoms with E-state index in [1.54, 1.807) is 0 Å². The SMILES string of the molecule is CCCS(=O)(=O)CCC1(C(=O)O)CCCS1. The number of carbonyl (C=O) groups is 1. The molecule has 4 nitrogen and oxygen atoms in total. The molecule has 1 saturated heterocycles. The first-order chi connectivity index (χ1) is 7.42. The maximum atomic E-state index is 11.5. The van der Waals surface area contributed by atoms with Crippen molar-refractivity contribution in [3.63, 3.8) is 0 Å². The van der Waals surface area contributed by atoms with Gasteiger partial charge in [-0.3, -0.25) is 4.79 Å². The highest BCUT2D eigenvalue weighted by molar-refractivity contribution is 8.01. The fourth-order valence-corrected chi connectivity index (χ4v) is 4.86. The molecule has 6 heteroatoms. The van der Waals surface area contributed by atoms with E-state index >= 15 is 0 Å². The molecule has 0 aromatic rings. The molecule has 0 amide bonds. The normalized spacial score (nSPS) is 25.8. The summed E-state index contributed by atoms with van der Waals surface area (Å²) in [6.07, 6.45) is 2.30. The van der Waals surface area contributed by atoms with Gasteiger partial charge in [-0.25, -0.2) is 8.42 Å². The van der Waals surface area contributed by atoms with Crippen LogP contribution in [-0.2, 0) is 14.6 Å². The number of aliphatic carboxylic acids is 1. The number of carboxylic acid groups (broad SMARTS) is 1. The van der Waals surface area contributed by atoms with Crippen molar-refractivity contribution in [3.8, 4) is 0 Å². The van der Waals surface area contributed by atoms with Crippen LogP contribution in [0.15, 0.2) is 0 Å². The zero-order valence-corrected chi connectivity index (χ0v) is 11.1. The molecule has 0 aliphatic carbocycles. The predicted octanol–water partition coefficient (Wildman–Crippen LogP) is 1.55. The van der Waals surface area contributed by atoms with Crippen LogP contribution >= 0.6 is 11.8 Å². The highest BCUT2D eigenvalue weighted by Crippen LogP contribution is 2.41. The van der Waals surface area contributed by atoms with E-state index in [1.165, 1.54) is 11.8 Å². The van der Waals surface area contributed by atoms with Gasteiger partial charge < -0.3 is 5.11 Å². The first-order valence-electron chi connectivity index (χ1n) is 5.50. The number of rotatable bonds is 6. The quantitative estimate of drug-likeness (QED) is 0.790. The minimum Gasteiger partial charge on any atom is -0.480 e. The molecule has 1 heterocycles. The van der Waals surface area contributed by atoms with Crippen LogP contribution in [0.25, 0.3) is 0 Å². The maximum absolute atomic E-state index is 11.5. The van der Waals surface area contributed by atoms with Crippen molar-refractivity contribution in [2.75, 3.05) is 17.3 Å². The molecular formula is C10H18O4S2. The van der Waals surface area contributed by atoms with Gasteiger partial charge in [0.1, 0.15) is 14.6 Å². The Hall–Kier alpha value is -0.230. The molecule has 0 aromatic heterocycles. The molecule has 16 heavy (non-hydrogen) atoms. The van der Waals surface area contributed by atoms with Crippen LogP contribution in [0.3, 0.4) is 0 Å². The van der Waals surface area contributed by atoms with Gasteiger partial charge in [0.15, 0.2) is 0 Å². The van der Waals surface area contributed by atoms with Gasteiger partial charge in [0.2, 0.25) is 0 Å². The van der Waals surface area contributed by atoms with E-state index in [4.69, 9.17) is 0 Å². The fourth-order valence-electron chi connectivity index (χ4n) is 1.90. The zero-order chi connectivity index (χ0) is 12.2. The maximum Gasteiger partial charge on any atom is 0.319 e. The standard InChI is InChI=1S/C10H18O4S2/c1-2-7-16(13,14)8-5-10(9(11)12)4-3-6-15-10/h2-8H2,1H3,(H,11,12). The van der Waals surface area contributed by atoms with Crippen molar-refractivity contribution in [2.24, 2.45) is 0 Å².